The summed E-state index contributed by atoms with van der Waals surface area (Å²) in [5, 5.41) is 8.54. The summed E-state index contributed by atoms with van der Waals surface area (Å²) in [4.78, 5) is 26.0. The molecule has 0 saturated carbocycles. The lowest BCUT2D eigenvalue weighted by molar-refractivity contribution is -0.130. The minimum atomic E-state index is -0.464. The predicted molar refractivity (Wildman–Crippen MR) is 96.3 cm³/mol. The van der Waals surface area contributed by atoms with Crippen LogP contribution in [0.3, 0.4) is 0 Å². The molecule has 0 aliphatic heterocycles. The monoisotopic (exact) mass is 374 g/mol. The molecule has 0 N–H and O–H groups in total. The van der Waals surface area contributed by atoms with Crippen molar-refractivity contribution >= 4 is 28.4 Å². The van der Waals surface area contributed by atoms with Crippen LogP contribution < -0.4 is 5.56 Å². The number of rotatable bonds is 5. The molecule has 0 spiro atoms. The molecule has 0 atom stereocenters. The van der Waals surface area contributed by atoms with Gasteiger partial charge in [-0.15, -0.1) is 5.10 Å². The first-order chi connectivity index (χ1) is 12.5. The Morgan fingerprint density at radius 2 is 2.00 bits per heavy atom. The van der Waals surface area contributed by atoms with Crippen molar-refractivity contribution in [3.05, 3.63) is 69.2 Å². The van der Waals surface area contributed by atoms with E-state index < -0.39 is 5.82 Å². The molecule has 1 aromatic heterocycles. The molecule has 3 rings (SSSR count). The Labute approximate surface area is 153 Å². The second kappa shape index (κ2) is 7.61. The van der Waals surface area contributed by atoms with Crippen molar-refractivity contribution in [3.63, 3.8) is 0 Å². The highest BCUT2D eigenvalue weighted by atomic mass is 35.5. The fraction of sp³-hybridized carbons (Fsp3) is 0.222. The molecule has 0 aliphatic rings. The smallest absolute Gasteiger partial charge is 0.277 e. The van der Waals surface area contributed by atoms with E-state index in [0.29, 0.717) is 10.9 Å². The first-order valence-electron chi connectivity index (χ1n) is 7.97. The quantitative estimate of drug-likeness (QED) is 0.688. The van der Waals surface area contributed by atoms with Crippen molar-refractivity contribution in [1.29, 1.82) is 0 Å². The molecule has 3 aromatic rings. The average Bonchev–Trinajstić information content (AvgIpc) is 2.64. The van der Waals surface area contributed by atoms with Crippen LogP contribution in [0, 0.1) is 5.82 Å². The van der Waals surface area contributed by atoms with Gasteiger partial charge in [0.1, 0.15) is 11.3 Å². The second-order valence-corrected chi connectivity index (χ2v) is 6.24. The highest BCUT2D eigenvalue weighted by Gasteiger charge is 2.15. The summed E-state index contributed by atoms with van der Waals surface area (Å²) in [6.45, 7) is 0.132. The number of carbonyl (C=O) groups is 1. The van der Waals surface area contributed by atoms with Crippen molar-refractivity contribution in [2.24, 2.45) is 0 Å². The maximum Gasteiger partial charge on any atom is 0.277 e. The molecule has 1 amide bonds. The fourth-order valence-electron chi connectivity index (χ4n) is 2.57. The highest BCUT2D eigenvalue weighted by molar-refractivity contribution is 6.31. The normalized spacial score (nSPS) is 10.9. The van der Waals surface area contributed by atoms with E-state index in [1.807, 2.05) is 0 Å². The molecule has 26 heavy (non-hydrogen) atoms. The van der Waals surface area contributed by atoms with Crippen molar-refractivity contribution in [2.75, 3.05) is 7.05 Å². The van der Waals surface area contributed by atoms with Crippen molar-refractivity contribution in [3.8, 4) is 0 Å². The zero-order chi connectivity index (χ0) is 18.7. The molecule has 0 aliphatic carbocycles. The third kappa shape index (κ3) is 3.72. The molecule has 0 radical (unpaired) electrons. The predicted octanol–water partition coefficient (Wildman–Crippen LogP) is 2.63. The molecule has 1 heterocycles. The molecule has 2 aromatic carbocycles. The minimum Gasteiger partial charge on any atom is -0.341 e. The summed E-state index contributed by atoms with van der Waals surface area (Å²) in [6.07, 6.45) is 0.0372. The number of carbonyl (C=O) groups excluding carboxylic acids is 1. The van der Waals surface area contributed by atoms with Gasteiger partial charge < -0.3 is 4.90 Å². The Morgan fingerprint density at radius 3 is 2.77 bits per heavy atom. The largest absolute Gasteiger partial charge is 0.341 e. The SMILES string of the molecule is CN(Cc1c(F)cccc1Cl)C(=O)CCn1nnc2ccccc2c1=O. The standard InChI is InChI=1S/C18H16ClFN4O2/c1-23(11-13-14(19)6-4-7-15(13)20)17(25)9-10-24-18(26)12-5-2-3-8-16(12)21-22-24/h2-8H,9-11H2,1H3. The number of hydrogen-bond donors (Lipinski definition) is 0. The number of halogens is 2. The third-order valence-electron chi connectivity index (χ3n) is 4.05. The van der Waals surface area contributed by atoms with Crippen LogP contribution in [0.1, 0.15) is 12.0 Å². The van der Waals surface area contributed by atoms with Gasteiger partial charge in [-0.25, -0.2) is 9.07 Å². The van der Waals surface area contributed by atoms with Gasteiger partial charge in [-0.3, -0.25) is 9.59 Å². The number of nitrogens with zero attached hydrogens (tertiary/aromatic N) is 4. The first-order valence-corrected chi connectivity index (χ1v) is 8.34. The maximum absolute atomic E-state index is 13.8. The topological polar surface area (TPSA) is 68.1 Å². The summed E-state index contributed by atoms with van der Waals surface area (Å²) in [7, 11) is 1.56. The van der Waals surface area contributed by atoms with E-state index in [1.165, 1.54) is 17.0 Å². The summed E-state index contributed by atoms with van der Waals surface area (Å²) in [5.74, 6) is -0.722. The van der Waals surface area contributed by atoms with Crippen molar-refractivity contribution in [2.45, 2.75) is 19.5 Å². The number of amides is 1. The average molecular weight is 375 g/mol. The molecule has 0 saturated heterocycles. The van der Waals surface area contributed by atoms with Crippen LogP contribution in [0.25, 0.3) is 10.9 Å². The lowest BCUT2D eigenvalue weighted by atomic mass is 10.2. The van der Waals surface area contributed by atoms with Crippen LogP contribution in [-0.2, 0) is 17.9 Å². The van der Waals surface area contributed by atoms with Gasteiger partial charge in [0, 0.05) is 30.6 Å². The van der Waals surface area contributed by atoms with E-state index in [4.69, 9.17) is 11.6 Å². The van der Waals surface area contributed by atoms with E-state index in [1.54, 1.807) is 37.4 Å². The number of aromatic nitrogens is 3. The number of aryl methyl sites for hydroxylation is 1. The Kier molecular flexibility index (Phi) is 5.27. The van der Waals surface area contributed by atoms with Crippen LogP contribution in [0.5, 0.6) is 0 Å². The molecule has 0 fully saturated rings. The number of fused-ring (bicyclic) bond motifs is 1. The van der Waals surface area contributed by atoms with E-state index in [-0.39, 0.29) is 41.6 Å². The summed E-state index contributed by atoms with van der Waals surface area (Å²) in [5.41, 5.74) is 0.460. The lowest BCUT2D eigenvalue weighted by Crippen LogP contribution is -2.30. The van der Waals surface area contributed by atoms with E-state index in [9.17, 15) is 14.0 Å². The molecular formula is C18H16ClFN4O2. The van der Waals surface area contributed by atoms with Crippen LogP contribution in [0.2, 0.25) is 5.02 Å². The van der Waals surface area contributed by atoms with Crippen LogP contribution in [-0.4, -0.2) is 32.8 Å². The molecule has 0 unspecified atom stereocenters. The van der Waals surface area contributed by atoms with Gasteiger partial charge in [-0.05, 0) is 24.3 Å². The van der Waals surface area contributed by atoms with Crippen molar-refractivity contribution < 1.29 is 9.18 Å². The van der Waals surface area contributed by atoms with Crippen molar-refractivity contribution in [1.82, 2.24) is 19.9 Å². The van der Waals surface area contributed by atoms with Crippen LogP contribution in [0.15, 0.2) is 47.3 Å². The summed E-state index contributed by atoms with van der Waals surface area (Å²) in [6, 6.07) is 11.3. The second-order valence-electron chi connectivity index (χ2n) is 5.83. The molecular weight excluding hydrogens is 359 g/mol. The van der Waals surface area contributed by atoms with Crippen LogP contribution in [0.4, 0.5) is 4.39 Å². The van der Waals surface area contributed by atoms with Gasteiger partial charge in [0.2, 0.25) is 5.91 Å². The van der Waals surface area contributed by atoms with Gasteiger partial charge in [-0.2, -0.15) is 0 Å². The van der Waals surface area contributed by atoms with Gasteiger partial charge in [0.25, 0.3) is 5.56 Å². The lowest BCUT2D eigenvalue weighted by Gasteiger charge is -2.18. The number of benzene rings is 2. The zero-order valence-electron chi connectivity index (χ0n) is 14.0. The first kappa shape index (κ1) is 18.0. The Hall–Kier alpha value is -2.80. The highest BCUT2D eigenvalue weighted by Crippen LogP contribution is 2.20. The van der Waals surface area contributed by atoms with Gasteiger partial charge in [0.15, 0.2) is 0 Å². The zero-order valence-corrected chi connectivity index (χ0v) is 14.8. The molecule has 0 bridgehead atoms. The molecule has 8 heteroatoms. The molecule has 134 valence electrons. The van der Waals surface area contributed by atoms with E-state index in [2.05, 4.69) is 10.3 Å². The Balaban J connectivity index is 1.69. The molecule has 6 nitrogen and oxygen atoms in total. The minimum absolute atomic E-state index is 0.0372. The maximum atomic E-state index is 13.8. The van der Waals surface area contributed by atoms with E-state index >= 15 is 0 Å². The third-order valence-corrected chi connectivity index (χ3v) is 4.40. The summed E-state index contributed by atoms with van der Waals surface area (Å²) >= 11 is 5.99. The Morgan fingerprint density at radius 1 is 1.23 bits per heavy atom. The van der Waals surface area contributed by atoms with Gasteiger partial charge >= 0.3 is 0 Å². The Bertz CT molecular complexity index is 1000. The number of hydrogen-bond acceptors (Lipinski definition) is 4. The summed E-state index contributed by atoms with van der Waals surface area (Å²) < 4.78 is 15.0. The van der Waals surface area contributed by atoms with Gasteiger partial charge in [-0.1, -0.05) is 35.0 Å². The van der Waals surface area contributed by atoms with Gasteiger partial charge in [0.05, 0.1) is 11.9 Å². The van der Waals surface area contributed by atoms with E-state index in [0.717, 1.165) is 4.68 Å². The fourth-order valence-corrected chi connectivity index (χ4v) is 2.79. The van der Waals surface area contributed by atoms with Crippen LogP contribution >= 0.6 is 11.6 Å².